The quantitative estimate of drug-likeness (QED) is 0.591. The van der Waals surface area contributed by atoms with Gasteiger partial charge in [-0.2, -0.15) is 0 Å². The number of aryl methyl sites for hydroxylation is 1. The number of rotatable bonds is 5. The zero-order chi connectivity index (χ0) is 23.8. The van der Waals surface area contributed by atoms with E-state index in [1.807, 2.05) is 6.92 Å². The van der Waals surface area contributed by atoms with Crippen molar-refractivity contribution in [3.63, 3.8) is 0 Å². The van der Waals surface area contributed by atoms with Crippen LogP contribution in [0.5, 0.6) is 5.75 Å². The molecule has 33 heavy (non-hydrogen) atoms. The highest BCUT2D eigenvalue weighted by molar-refractivity contribution is 7.92. The van der Waals surface area contributed by atoms with Crippen LogP contribution in [0.2, 0.25) is 0 Å². The van der Waals surface area contributed by atoms with E-state index < -0.39 is 15.8 Å². The van der Waals surface area contributed by atoms with Crippen LogP contribution in [0.15, 0.2) is 65.6 Å². The Morgan fingerprint density at radius 3 is 2.45 bits per heavy atom. The monoisotopic (exact) mass is 472 g/mol. The van der Waals surface area contributed by atoms with Crippen molar-refractivity contribution in [2.75, 3.05) is 11.3 Å². The Kier molecular flexibility index (Phi) is 6.07. The predicted molar refractivity (Wildman–Crippen MR) is 119 cm³/mol. The van der Waals surface area contributed by atoms with Gasteiger partial charge in [0.2, 0.25) is 0 Å². The first-order chi connectivity index (χ1) is 15.6. The van der Waals surface area contributed by atoms with Gasteiger partial charge in [0.1, 0.15) is 17.4 Å². The fourth-order valence-electron chi connectivity index (χ4n) is 3.63. The number of carbonyl (C=O) groups is 1. The summed E-state index contributed by atoms with van der Waals surface area (Å²) < 4.78 is 60.7. The van der Waals surface area contributed by atoms with Gasteiger partial charge in [0.15, 0.2) is 6.61 Å². The van der Waals surface area contributed by atoms with Gasteiger partial charge < -0.3 is 9.64 Å². The molecule has 6 nitrogen and oxygen atoms in total. The molecule has 0 aromatic heterocycles. The summed E-state index contributed by atoms with van der Waals surface area (Å²) in [7, 11) is -4.02. The molecule has 0 saturated carbocycles. The first-order valence-corrected chi connectivity index (χ1v) is 11.7. The molecule has 1 aliphatic heterocycles. The Bertz CT molecular complexity index is 1310. The fraction of sp³-hybridized carbons (Fsp3) is 0.208. The Morgan fingerprint density at radius 1 is 1.03 bits per heavy atom. The lowest BCUT2D eigenvalue weighted by atomic mass is 10.1. The minimum atomic E-state index is -4.02. The molecule has 1 amide bonds. The van der Waals surface area contributed by atoms with Crippen LogP contribution in [-0.4, -0.2) is 25.8 Å². The number of amides is 1. The smallest absolute Gasteiger partial charge is 0.261 e. The van der Waals surface area contributed by atoms with Crippen LogP contribution in [0.4, 0.5) is 14.5 Å². The highest BCUT2D eigenvalue weighted by Crippen LogP contribution is 2.32. The second-order valence-electron chi connectivity index (χ2n) is 7.88. The molecule has 0 bridgehead atoms. The molecule has 1 atom stereocenters. The highest BCUT2D eigenvalue weighted by atomic mass is 32.2. The van der Waals surface area contributed by atoms with E-state index >= 15 is 0 Å². The molecule has 1 heterocycles. The number of anilines is 1. The molecule has 1 N–H and O–H groups in total. The van der Waals surface area contributed by atoms with Crippen molar-refractivity contribution in [2.45, 2.75) is 31.3 Å². The van der Waals surface area contributed by atoms with E-state index in [1.165, 1.54) is 30.3 Å². The molecule has 9 heteroatoms. The van der Waals surface area contributed by atoms with Crippen LogP contribution in [0, 0.1) is 18.6 Å². The first-order valence-electron chi connectivity index (χ1n) is 10.2. The second kappa shape index (κ2) is 8.82. The highest BCUT2D eigenvalue weighted by Gasteiger charge is 2.27. The van der Waals surface area contributed by atoms with Crippen molar-refractivity contribution in [1.82, 2.24) is 4.90 Å². The number of ether oxygens (including phenoxy) is 1. The molecule has 0 saturated heterocycles. The van der Waals surface area contributed by atoms with Gasteiger partial charge in [0.25, 0.3) is 15.9 Å². The molecule has 172 valence electrons. The van der Waals surface area contributed by atoms with E-state index in [2.05, 4.69) is 4.72 Å². The van der Waals surface area contributed by atoms with E-state index in [4.69, 9.17) is 4.74 Å². The van der Waals surface area contributed by atoms with Crippen molar-refractivity contribution in [3.05, 3.63) is 89.0 Å². The van der Waals surface area contributed by atoms with Crippen molar-refractivity contribution in [3.8, 4) is 5.75 Å². The van der Waals surface area contributed by atoms with Gasteiger partial charge in [-0.15, -0.1) is 0 Å². The van der Waals surface area contributed by atoms with Crippen LogP contribution in [0.3, 0.4) is 0 Å². The van der Waals surface area contributed by atoms with Crippen molar-refractivity contribution >= 4 is 21.6 Å². The Balaban J connectivity index is 1.61. The van der Waals surface area contributed by atoms with Gasteiger partial charge >= 0.3 is 0 Å². The van der Waals surface area contributed by atoms with Gasteiger partial charge in [-0.1, -0.05) is 18.2 Å². The minimum absolute atomic E-state index is 0.168. The maximum absolute atomic E-state index is 13.9. The van der Waals surface area contributed by atoms with Crippen LogP contribution >= 0.6 is 0 Å². The van der Waals surface area contributed by atoms with Crippen LogP contribution in [-0.2, 0) is 21.4 Å². The summed E-state index contributed by atoms with van der Waals surface area (Å²) in [6.45, 7) is 3.37. The third kappa shape index (κ3) is 4.83. The van der Waals surface area contributed by atoms with Gasteiger partial charge in [-0.3, -0.25) is 9.52 Å². The zero-order valence-corrected chi connectivity index (χ0v) is 18.8. The topological polar surface area (TPSA) is 75.7 Å². The number of hydrogen-bond acceptors (Lipinski definition) is 4. The molecule has 1 aliphatic rings. The van der Waals surface area contributed by atoms with E-state index in [-0.39, 0.29) is 41.5 Å². The summed E-state index contributed by atoms with van der Waals surface area (Å²) in [6, 6.07) is 13.9. The van der Waals surface area contributed by atoms with Gasteiger partial charge in [0, 0.05) is 11.3 Å². The minimum Gasteiger partial charge on any atom is -0.483 e. The maximum atomic E-state index is 13.9. The molecule has 4 rings (SSSR count). The number of hydrogen-bond donors (Lipinski definition) is 1. The summed E-state index contributed by atoms with van der Waals surface area (Å²) >= 11 is 0. The standard InChI is InChI=1S/C24H22F2N2O4S/c1-15-3-9-21(12-22(15)26)33(30,31)27-20-8-10-23-18(11-20)13-28(24(29)14-32-23)16(2)17-4-6-19(25)7-5-17/h3-12,16,27H,13-14H2,1-2H3. The van der Waals surface area contributed by atoms with Gasteiger partial charge in [-0.05, 0) is 67.4 Å². The average Bonchev–Trinajstić information content (AvgIpc) is 2.94. The number of sulfonamides is 1. The van der Waals surface area contributed by atoms with Crippen molar-refractivity contribution < 1.29 is 26.7 Å². The number of halogens is 2. The second-order valence-corrected chi connectivity index (χ2v) is 9.56. The van der Waals surface area contributed by atoms with Crippen molar-refractivity contribution in [1.29, 1.82) is 0 Å². The zero-order valence-electron chi connectivity index (χ0n) is 18.0. The SMILES string of the molecule is Cc1ccc(S(=O)(=O)Nc2ccc3c(c2)CN(C(C)c2ccc(F)cc2)C(=O)CO3)cc1F. The Labute approximate surface area is 190 Å². The van der Waals surface area contributed by atoms with E-state index in [0.29, 0.717) is 16.9 Å². The average molecular weight is 473 g/mol. The van der Waals surface area contributed by atoms with Crippen LogP contribution in [0.25, 0.3) is 0 Å². The van der Waals surface area contributed by atoms with E-state index in [1.54, 1.807) is 36.1 Å². The summed E-state index contributed by atoms with van der Waals surface area (Å²) in [5.41, 5.74) is 1.95. The Hall–Kier alpha value is -3.46. The summed E-state index contributed by atoms with van der Waals surface area (Å²) in [5, 5.41) is 0. The van der Waals surface area contributed by atoms with Crippen molar-refractivity contribution in [2.24, 2.45) is 0 Å². The van der Waals surface area contributed by atoms with Crippen LogP contribution < -0.4 is 9.46 Å². The molecule has 0 radical (unpaired) electrons. The molecule has 0 spiro atoms. The molecule has 3 aromatic rings. The molecule has 1 unspecified atom stereocenters. The van der Waals surface area contributed by atoms with Gasteiger partial charge in [0.05, 0.1) is 17.5 Å². The lowest BCUT2D eigenvalue weighted by Gasteiger charge is -2.28. The number of nitrogens with zero attached hydrogens (tertiary/aromatic N) is 1. The predicted octanol–water partition coefficient (Wildman–Crippen LogP) is 4.56. The number of nitrogens with one attached hydrogen (secondary N) is 1. The Morgan fingerprint density at radius 2 is 1.76 bits per heavy atom. The lowest BCUT2D eigenvalue weighted by Crippen LogP contribution is -2.34. The van der Waals surface area contributed by atoms with Crippen LogP contribution in [0.1, 0.15) is 29.7 Å². The first kappa shape index (κ1) is 22.7. The molecular weight excluding hydrogens is 450 g/mol. The number of benzene rings is 3. The molecule has 0 aliphatic carbocycles. The fourth-order valence-corrected chi connectivity index (χ4v) is 4.69. The normalized spacial score (nSPS) is 14.8. The third-order valence-electron chi connectivity index (χ3n) is 5.60. The van der Waals surface area contributed by atoms with Gasteiger partial charge in [-0.25, -0.2) is 17.2 Å². The largest absolute Gasteiger partial charge is 0.483 e. The van der Waals surface area contributed by atoms with E-state index in [9.17, 15) is 22.0 Å². The summed E-state index contributed by atoms with van der Waals surface area (Å²) in [6.07, 6.45) is 0. The number of carbonyl (C=O) groups excluding carboxylic acids is 1. The van der Waals surface area contributed by atoms with E-state index in [0.717, 1.165) is 11.6 Å². The molecule has 0 fully saturated rings. The molecule has 3 aromatic carbocycles. The summed E-state index contributed by atoms with van der Waals surface area (Å²) in [5.74, 6) is -0.772. The third-order valence-corrected chi connectivity index (χ3v) is 6.98. The lowest BCUT2D eigenvalue weighted by molar-refractivity contribution is -0.135. The summed E-state index contributed by atoms with van der Waals surface area (Å²) in [4.78, 5) is 14.1. The number of fused-ring (bicyclic) bond motifs is 1. The maximum Gasteiger partial charge on any atom is 0.261 e. The molecular formula is C24H22F2N2O4S.